The van der Waals surface area contributed by atoms with Crippen molar-refractivity contribution in [1.29, 1.82) is 0 Å². The van der Waals surface area contributed by atoms with Crippen LogP contribution in [0.1, 0.15) is 24.3 Å². The molecular weight excluding hydrogens is 364 g/mol. The molecule has 3 aromatic rings. The number of aromatic nitrogens is 2. The summed E-state index contributed by atoms with van der Waals surface area (Å²) < 4.78 is 6.79. The lowest BCUT2D eigenvalue weighted by Gasteiger charge is -2.06. The molecule has 0 unspecified atom stereocenters. The van der Waals surface area contributed by atoms with E-state index in [0.717, 1.165) is 16.9 Å². The van der Waals surface area contributed by atoms with Crippen molar-refractivity contribution in [3.63, 3.8) is 0 Å². The molecule has 0 aliphatic carbocycles. The third-order valence-electron chi connectivity index (χ3n) is 3.84. The van der Waals surface area contributed by atoms with Crippen LogP contribution >= 0.6 is 11.3 Å². The van der Waals surface area contributed by atoms with E-state index in [1.54, 1.807) is 0 Å². The summed E-state index contributed by atoms with van der Waals surface area (Å²) in [4.78, 5) is 30.7. The first-order valence-corrected chi connectivity index (χ1v) is 9.45. The Hall–Kier alpha value is -3.00. The molecule has 1 N–H and O–H groups in total. The maximum Gasteiger partial charge on any atom is 0.262 e. The molecule has 1 amide bonds. The van der Waals surface area contributed by atoms with Gasteiger partial charge in [0.15, 0.2) is 0 Å². The number of nitrogens with one attached hydrogen (secondary N) is 1. The molecule has 2 heterocycles. The molecule has 0 fully saturated rings. The van der Waals surface area contributed by atoms with E-state index < -0.39 is 5.91 Å². The van der Waals surface area contributed by atoms with Crippen molar-refractivity contribution in [3.05, 3.63) is 57.5 Å². The lowest BCUT2D eigenvalue weighted by Crippen LogP contribution is -2.29. The fourth-order valence-electron chi connectivity index (χ4n) is 2.53. The van der Waals surface area contributed by atoms with Gasteiger partial charge in [0.05, 0.1) is 24.5 Å². The molecule has 0 radical (unpaired) electrons. The number of benzene rings is 1. The van der Waals surface area contributed by atoms with Crippen molar-refractivity contribution in [2.24, 2.45) is 5.10 Å². The minimum atomic E-state index is -0.408. The van der Waals surface area contributed by atoms with Gasteiger partial charge < -0.3 is 4.74 Å². The Morgan fingerprint density at radius 1 is 1.37 bits per heavy atom. The Bertz CT molecular complexity index is 1040. The number of amides is 1. The fourth-order valence-corrected chi connectivity index (χ4v) is 3.46. The maximum absolute atomic E-state index is 12.5. The Kier molecular flexibility index (Phi) is 5.97. The number of hydrazone groups is 1. The highest BCUT2D eigenvalue weighted by atomic mass is 32.1. The normalized spacial score (nSPS) is 11.2. The summed E-state index contributed by atoms with van der Waals surface area (Å²) in [6, 6.07) is 9.23. The molecule has 140 valence electrons. The van der Waals surface area contributed by atoms with Gasteiger partial charge in [0.1, 0.15) is 17.1 Å². The minimum Gasteiger partial charge on any atom is -0.493 e. The van der Waals surface area contributed by atoms with Crippen LogP contribution in [-0.4, -0.2) is 28.3 Å². The number of carbonyl (C=O) groups excluding carboxylic acids is 1. The predicted molar refractivity (Wildman–Crippen MR) is 107 cm³/mol. The zero-order chi connectivity index (χ0) is 19.2. The van der Waals surface area contributed by atoms with Crippen LogP contribution in [-0.2, 0) is 17.8 Å². The molecule has 0 spiro atoms. The van der Waals surface area contributed by atoms with E-state index in [4.69, 9.17) is 4.74 Å². The molecule has 0 atom stereocenters. The zero-order valence-electron chi connectivity index (χ0n) is 15.1. The van der Waals surface area contributed by atoms with Crippen molar-refractivity contribution < 1.29 is 9.53 Å². The smallest absolute Gasteiger partial charge is 0.262 e. The molecule has 0 bridgehead atoms. The largest absolute Gasteiger partial charge is 0.493 e. The van der Waals surface area contributed by atoms with Crippen LogP contribution in [0.4, 0.5) is 0 Å². The van der Waals surface area contributed by atoms with Crippen LogP contribution in [0.15, 0.2) is 46.6 Å². The highest BCUT2D eigenvalue weighted by molar-refractivity contribution is 7.18. The number of para-hydroxylation sites is 1. The summed E-state index contributed by atoms with van der Waals surface area (Å²) in [5.41, 5.74) is 2.96. The average Bonchev–Trinajstić information content (AvgIpc) is 3.10. The van der Waals surface area contributed by atoms with Gasteiger partial charge in [-0.05, 0) is 31.5 Å². The summed E-state index contributed by atoms with van der Waals surface area (Å²) >= 11 is 1.50. The van der Waals surface area contributed by atoms with Crippen molar-refractivity contribution in [2.45, 2.75) is 26.8 Å². The zero-order valence-corrected chi connectivity index (χ0v) is 16.0. The first-order valence-electron chi connectivity index (χ1n) is 8.64. The number of carbonyl (C=O) groups is 1. The highest BCUT2D eigenvalue weighted by Gasteiger charge is 2.10. The molecule has 0 saturated carbocycles. The quantitative estimate of drug-likeness (QED) is 0.501. The number of nitrogens with zero attached hydrogens (tertiary/aromatic N) is 3. The monoisotopic (exact) mass is 384 g/mol. The molecule has 27 heavy (non-hydrogen) atoms. The van der Waals surface area contributed by atoms with Crippen LogP contribution in [0.2, 0.25) is 0 Å². The summed E-state index contributed by atoms with van der Waals surface area (Å²) in [5, 5.41) is 4.49. The number of fused-ring (bicyclic) bond motifs is 1. The van der Waals surface area contributed by atoms with Crippen LogP contribution in [0.3, 0.4) is 0 Å². The summed E-state index contributed by atoms with van der Waals surface area (Å²) in [5.74, 6) is 0.280. The second kappa shape index (κ2) is 8.59. The molecule has 2 aromatic heterocycles. The fraction of sp³-hybridized carbons (Fsp3) is 0.263. The Balaban J connectivity index is 1.69. The predicted octanol–water partition coefficient (Wildman–Crippen LogP) is 2.57. The molecule has 7 nitrogen and oxygen atoms in total. The Labute approximate surface area is 160 Å². The first kappa shape index (κ1) is 18.8. The summed E-state index contributed by atoms with van der Waals surface area (Å²) in [6.07, 6.45) is 3.76. The molecule has 0 saturated heterocycles. The van der Waals surface area contributed by atoms with E-state index in [-0.39, 0.29) is 12.1 Å². The SMILES string of the molecule is CCOc1ccccc1/C=N/NC(=O)Cn1cnc2sc(CC)cc2c1=O. The van der Waals surface area contributed by atoms with Gasteiger partial charge in [-0.3, -0.25) is 14.2 Å². The molecule has 0 aliphatic heterocycles. The lowest BCUT2D eigenvalue weighted by atomic mass is 10.2. The van der Waals surface area contributed by atoms with Gasteiger partial charge in [0.2, 0.25) is 0 Å². The van der Waals surface area contributed by atoms with E-state index >= 15 is 0 Å². The van der Waals surface area contributed by atoms with E-state index in [1.807, 2.05) is 44.2 Å². The van der Waals surface area contributed by atoms with Crippen LogP contribution in [0, 0.1) is 0 Å². The van der Waals surface area contributed by atoms with E-state index in [2.05, 4.69) is 15.5 Å². The molecule has 1 aromatic carbocycles. The van der Waals surface area contributed by atoms with Gasteiger partial charge >= 0.3 is 0 Å². The van der Waals surface area contributed by atoms with Crippen molar-refractivity contribution in [1.82, 2.24) is 15.0 Å². The number of hydrogen-bond donors (Lipinski definition) is 1. The van der Waals surface area contributed by atoms with Crippen molar-refractivity contribution in [2.75, 3.05) is 6.61 Å². The maximum atomic E-state index is 12.5. The van der Waals surface area contributed by atoms with Crippen molar-refractivity contribution >= 4 is 33.7 Å². The first-order chi connectivity index (χ1) is 13.1. The highest BCUT2D eigenvalue weighted by Crippen LogP contribution is 2.21. The van der Waals surface area contributed by atoms with E-state index in [0.29, 0.717) is 22.6 Å². The van der Waals surface area contributed by atoms with Crippen LogP contribution in [0.5, 0.6) is 5.75 Å². The van der Waals surface area contributed by atoms with Gasteiger partial charge in [-0.1, -0.05) is 19.1 Å². The number of hydrogen-bond acceptors (Lipinski definition) is 6. The van der Waals surface area contributed by atoms with Gasteiger partial charge in [-0.15, -0.1) is 11.3 Å². The molecular formula is C19H20N4O3S. The summed E-state index contributed by atoms with van der Waals surface area (Å²) in [6.45, 7) is 4.31. The standard InChI is InChI=1S/C19H20N4O3S/c1-3-14-9-15-18(27-14)20-12-23(19(15)25)11-17(24)22-21-10-13-7-5-6-8-16(13)26-4-2/h5-10,12H,3-4,11H2,1-2H3,(H,22,24)/b21-10+. The lowest BCUT2D eigenvalue weighted by molar-refractivity contribution is -0.121. The number of ether oxygens (including phenoxy) is 1. The van der Waals surface area contributed by atoms with Gasteiger partial charge in [0, 0.05) is 10.4 Å². The third-order valence-corrected chi connectivity index (χ3v) is 5.03. The van der Waals surface area contributed by atoms with E-state index in [1.165, 1.54) is 28.4 Å². The van der Waals surface area contributed by atoms with E-state index in [9.17, 15) is 9.59 Å². The van der Waals surface area contributed by atoms with Crippen molar-refractivity contribution in [3.8, 4) is 5.75 Å². The van der Waals surface area contributed by atoms with Gasteiger partial charge in [-0.2, -0.15) is 5.10 Å². The minimum absolute atomic E-state index is 0.149. The second-order valence-electron chi connectivity index (χ2n) is 5.73. The van der Waals surface area contributed by atoms with Gasteiger partial charge in [-0.25, -0.2) is 10.4 Å². The molecule has 8 heteroatoms. The third kappa shape index (κ3) is 4.40. The number of rotatable bonds is 7. The number of aryl methyl sites for hydroxylation is 1. The Morgan fingerprint density at radius 3 is 2.96 bits per heavy atom. The van der Waals surface area contributed by atoms with Gasteiger partial charge in [0.25, 0.3) is 11.5 Å². The van der Waals surface area contributed by atoms with Crippen LogP contribution < -0.4 is 15.7 Å². The molecule has 3 rings (SSSR count). The Morgan fingerprint density at radius 2 is 2.19 bits per heavy atom. The topological polar surface area (TPSA) is 85.6 Å². The number of thiophene rings is 1. The van der Waals surface area contributed by atoms with Crippen LogP contribution in [0.25, 0.3) is 10.2 Å². The summed E-state index contributed by atoms with van der Waals surface area (Å²) in [7, 11) is 0. The molecule has 0 aliphatic rings. The average molecular weight is 384 g/mol. The second-order valence-corrected chi connectivity index (χ2v) is 6.84.